The van der Waals surface area contributed by atoms with Gasteiger partial charge < -0.3 is 9.88 Å². The molecule has 1 N–H and O–H groups in total. The predicted octanol–water partition coefficient (Wildman–Crippen LogP) is 3.11. The molecule has 0 aromatic carbocycles. The topological polar surface area (TPSA) is 52.9 Å². The maximum Gasteiger partial charge on any atom is 0.260 e. The van der Waals surface area contributed by atoms with Crippen LogP contribution in [0.25, 0.3) is 20.7 Å². The minimum atomic E-state index is -0.0739. The van der Waals surface area contributed by atoms with E-state index in [2.05, 4.69) is 9.97 Å². The average molecular weight is 369 g/mol. The van der Waals surface area contributed by atoms with Gasteiger partial charge in [0.25, 0.3) is 5.56 Å². The Labute approximate surface area is 152 Å². The molecule has 4 heterocycles. The Balaban J connectivity index is 1.69. The number of aromatic nitrogens is 3. The van der Waals surface area contributed by atoms with Crippen LogP contribution in [0.3, 0.4) is 0 Å². The number of rotatable bonds is 4. The van der Waals surface area contributed by atoms with Gasteiger partial charge in [0.05, 0.1) is 5.39 Å². The van der Waals surface area contributed by atoms with Gasteiger partial charge in [0, 0.05) is 47.7 Å². The van der Waals surface area contributed by atoms with Crippen molar-refractivity contribution in [1.82, 2.24) is 9.97 Å². The number of hydrogen-bond acceptors (Lipinski definition) is 5. The number of anilines is 1. The Morgan fingerprint density at radius 2 is 2.00 bits per heavy atom. The lowest BCUT2D eigenvalue weighted by molar-refractivity contribution is -0.689. The van der Waals surface area contributed by atoms with Crippen LogP contribution >= 0.6 is 22.7 Å². The van der Waals surface area contributed by atoms with E-state index < -0.39 is 0 Å². The van der Waals surface area contributed by atoms with Gasteiger partial charge in [0.1, 0.15) is 4.83 Å². The van der Waals surface area contributed by atoms with E-state index in [0.29, 0.717) is 17.8 Å². The molecule has 0 saturated heterocycles. The monoisotopic (exact) mass is 369 g/mol. The summed E-state index contributed by atoms with van der Waals surface area (Å²) in [5.41, 5.74) is 2.03. The normalized spacial score (nSPS) is 11.1. The number of nitrogens with zero attached hydrogens (tertiary/aromatic N) is 3. The molecule has 0 aliphatic carbocycles. The van der Waals surface area contributed by atoms with Gasteiger partial charge in [-0.05, 0) is 11.4 Å². The number of thiophene rings is 2. The lowest BCUT2D eigenvalue weighted by Gasteiger charge is -2.10. The fraction of sp³-hybridized carbons (Fsp3) is 0.167. The van der Waals surface area contributed by atoms with Gasteiger partial charge in [-0.25, -0.2) is 4.98 Å². The second-order valence-electron chi connectivity index (χ2n) is 5.94. The first-order chi connectivity index (χ1) is 12.1. The highest BCUT2D eigenvalue weighted by molar-refractivity contribution is 7.18. The molecule has 0 atom stereocenters. The van der Waals surface area contributed by atoms with Crippen molar-refractivity contribution >= 4 is 38.6 Å². The van der Waals surface area contributed by atoms with Crippen LogP contribution in [-0.2, 0) is 6.54 Å². The zero-order valence-corrected chi connectivity index (χ0v) is 15.5. The van der Waals surface area contributed by atoms with Crippen LogP contribution in [0.1, 0.15) is 5.82 Å². The molecule has 0 unspecified atom stereocenters. The SMILES string of the molecule is CN(C)c1cc[n+](Cc2nc3scc(-c4cccs4)c3c(=O)[nH]2)cc1. The minimum absolute atomic E-state index is 0.0739. The second-order valence-corrected chi connectivity index (χ2v) is 7.75. The number of hydrogen-bond donors (Lipinski definition) is 1. The highest BCUT2D eigenvalue weighted by atomic mass is 32.1. The average Bonchev–Trinajstić information content (AvgIpc) is 3.24. The van der Waals surface area contributed by atoms with Crippen molar-refractivity contribution in [3.63, 3.8) is 0 Å². The molecule has 0 amide bonds. The standard InChI is InChI=1S/C18H16N4OS2/c1-21(2)12-5-7-22(8-6-12)10-15-19-17(23)16-13(11-25-18(16)20-15)14-4-3-9-24-14/h3-9,11H,10H2,1-2H3/p+1. The summed E-state index contributed by atoms with van der Waals surface area (Å²) < 4.78 is 2.00. The van der Waals surface area contributed by atoms with Crippen molar-refractivity contribution in [3.05, 3.63) is 63.6 Å². The summed E-state index contributed by atoms with van der Waals surface area (Å²) in [6.07, 6.45) is 3.98. The largest absolute Gasteiger partial charge is 0.377 e. The van der Waals surface area contributed by atoms with Crippen molar-refractivity contribution < 1.29 is 4.57 Å². The van der Waals surface area contributed by atoms with Crippen LogP contribution < -0.4 is 15.0 Å². The maximum absolute atomic E-state index is 12.6. The molecule has 0 bridgehead atoms. The molecule has 4 aromatic rings. The van der Waals surface area contributed by atoms with Crippen molar-refractivity contribution in [2.75, 3.05) is 19.0 Å². The molecule has 0 saturated carbocycles. The smallest absolute Gasteiger partial charge is 0.260 e. The predicted molar refractivity (Wildman–Crippen MR) is 104 cm³/mol. The third-order valence-corrected chi connectivity index (χ3v) is 5.78. The van der Waals surface area contributed by atoms with E-state index >= 15 is 0 Å². The summed E-state index contributed by atoms with van der Waals surface area (Å²) in [5, 5.41) is 4.72. The Hall–Kier alpha value is -2.51. The molecular weight excluding hydrogens is 352 g/mol. The van der Waals surface area contributed by atoms with Gasteiger partial charge >= 0.3 is 0 Å². The van der Waals surface area contributed by atoms with Gasteiger partial charge in [-0.1, -0.05) is 6.07 Å². The highest BCUT2D eigenvalue weighted by Gasteiger charge is 2.15. The van der Waals surface area contributed by atoms with E-state index in [0.717, 1.165) is 21.0 Å². The zero-order valence-electron chi connectivity index (χ0n) is 13.9. The minimum Gasteiger partial charge on any atom is -0.377 e. The lowest BCUT2D eigenvalue weighted by atomic mass is 10.2. The van der Waals surface area contributed by atoms with Gasteiger partial charge in [-0.2, -0.15) is 4.57 Å². The molecular formula is C18H17N4OS2+. The van der Waals surface area contributed by atoms with E-state index in [1.165, 1.54) is 11.3 Å². The number of nitrogens with one attached hydrogen (secondary N) is 1. The van der Waals surface area contributed by atoms with Gasteiger partial charge in [-0.15, -0.1) is 22.7 Å². The number of H-pyrrole nitrogens is 1. The first-order valence-corrected chi connectivity index (χ1v) is 9.58. The third-order valence-electron chi connectivity index (χ3n) is 4.00. The summed E-state index contributed by atoms with van der Waals surface area (Å²) in [6, 6.07) is 8.10. The number of fused-ring (bicyclic) bond motifs is 1. The van der Waals surface area contributed by atoms with E-state index in [-0.39, 0.29) is 5.56 Å². The fourth-order valence-corrected chi connectivity index (χ4v) is 4.49. The maximum atomic E-state index is 12.6. The van der Waals surface area contributed by atoms with E-state index in [1.54, 1.807) is 11.3 Å². The second kappa shape index (κ2) is 6.42. The van der Waals surface area contributed by atoms with Crippen LogP contribution in [-0.4, -0.2) is 24.1 Å². The Kier molecular flexibility index (Phi) is 4.10. The van der Waals surface area contributed by atoms with Crippen LogP contribution in [0.4, 0.5) is 5.69 Å². The summed E-state index contributed by atoms with van der Waals surface area (Å²) >= 11 is 3.15. The molecule has 0 fully saturated rings. The first kappa shape index (κ1) is 16.0. The van der Waals surface area contributed by atoms with Crippen molar-refractivity contribution in [2.24, 2.45) is 0 Å². The number of pyridine rings is 1. The van der Waals surface area contributed by atoms with Crippen molar-refractivity contribution in [2.45, 2.75) is 6.54 Å². The Morgan fingerprint density at radius 3 is 2.68 bits per heavy atom. The summed E-state index contributed by atoms with van der Waals surface area (Å²) in [4.78, 5) is 24.1. The van der Waals surface area contributed by atoms with E-state index in [9.17, 15) is 4.79 Å². The quantitative estimate of drug-likeness (QED) is 0.563. The molecule has 4 rings (SSSR count). The molecule has 25 heavy (non-hydrogen) atoms. The first-order valence-electron chi connectivity index (χ1n) is 7.82. The van der Waals surface area contributed by atoms with E-state index in [1.807, 2.05) is 71.0 Å². The number of aromatic amines is 1. The summed E-state index contributed by atoms with van der Waals surface area (Å²) in [6.45, 7) is 0.533. The zero-order chi connectivity index (χ0) is 17.4. The molecule has 5 nitrogen and oxygen atoms in total. The van der Waals surface area contributed by atoms with Crippen molar-refractivity contribution in [3.8, 4) is 10.4 Å². The van der Waals surface area contributed by atoms with Crippen LogP contribution in [0, 0.1) is 0 Å². The Morgan fingerprint density at radius 1 is 1.20 bits per heavy atom. The molecule has 0 aliphatic heterocycles. The Bertz CT molecular complexity index is 1060. The van der Waals surface area contributed by atoms with Gasteiger partial charge in [0.15, 0.2) is 18.2 Å². The molecule has 0 radical (unpaired) electrons. The molecule has 4 aromatic heterocycles. The highest BCUT2D eigenvalue weighted by Crippen LogP contribution is 2.33. The van der Waals surface area contributed by atoms with E-state index in [4.69, 9.17) is 0 Å². The summed E-state index contributed by atoms with van der Waals surface area (Å²) in [5.74, 6) is 0.666. The summed E-state index contributed by atoms with van der Waals surface area (Å²) in [7, 11) is 4.02. The van der Waals surface area contributed by atoms with Crippen LogP contribution in [0.2, 0.25) is 0 Å². The lowest BCUT2D eigenvalue weighted by Crippen LogP contribution is -2.35. The van der Waals surface area contributed by atoms with Gasteiger partial charge in [0.2, 0.25) is 6.54 Å². The third kappa shape index (κ3) is 3.08. The fourth-order valence-electron chi connectivity index (χ4n) is 2.71. The molecule has 7 heteroatoms. The molecule has 0 spiro atoms. The van der Waals surface area contributed by atoms with Crippen LogP contribution in [0.5, 0.6) is 0 Å². The van der Waals surface area contributed by atoms with Crippen LogP contribution in [0.15, 0.2) is 52.2 Å². The molecule has 0 aliphatic rings. The van der Waals surface area contributed by atoms with Gasteiger partial charge in [-0.3, -0.25) is 4.79 Å². The van der Waals surface area contributed by atoms with Crippen molar-refractivity contribution in [1.29, 1.82) is 0 Å². The molecule has 126 valence electrons.